The van der Waals surface area contributed by atoms with Crippen molar-refractivity contribution >= 4 is 43.5 Å². The van der Waals surface area contributed by atoms with E-state index in [0.717, 1.165) is 25.5 Å². The van der Waals surface area contributed by atoms with Crippen molar-refractivity contribution in [3.8, 4) is 5.75 Å². The largest absolute Gasteiger partial charge is 0.494 e. The highest BCUT2D eigenvalue weighted by Crippen LogP contribution is 2.27. The van der Waals surface area contributed by atoms with Gasteiger partial charge in [0.2, 0.25) is 11.8 Å². The van der Waals surface area contributed by atoms with Crippen molar-refractivity contribution < 1.29 is 22.7 Å². The SMILES string of the molecule is CCOc1ccc(N(CC(=O)N(Cc2cccc(Br)c2)[C@@H](Cc2ccccc2)C(=O)N[C@H](C)CC)S(=O)(=O)c2ccc(C)cc2)cc1. The average molecular weight is 721 g/mol. The van der Waals surface area contributed by atoms with Crippen LogP contribution in [0.3, 0.4) is 0 Å². The van der Waals surface area contributed by atoms with Gasteiger partial charge in [-0.1, -0.05) is 83.0 Å². The minimum Gasteiger partial charge on any atom is -0.494 e. The number of anilines is 1. The summed E-state index contributed by atoms with van der Waals surface area (Å²) in [4.78, 5) is 30.1. The molecular weight excluding hydrogens is 678 g/mol. The van der Waals surface area contributed by atoms with E-state index in [4.69, 9.17) is 4.74 Å². The van der Waals surface area contributed by atoms with Crippen LogP contribution in [-0.2, 0) is 32.6 Å². The van der Waals surface area contributed by atoms with Gasteiger partial charge < -0.3 is 15.0 Å². The molecule has 4 aromatic carbocycles. The van der Waals surface area contributed by atoms with Crippen LogP contribution in [0.1, 0.15) is 43.9 Å². The number of sulfonamides is 1. The number of ether oxygens (including phenoxy) is 1. The Morgan fingerprint density at radius 1 is 0.872 bits per heavy atom. The van der Waals surface area contributed by atoms with Crippen molar-refractivity contribution in [1.29, 1.82) is 0 Å². The van der Waals surface area contributed by atoms with Crippen LogP contribution in [0, 0.1) is 6.92 Å². The number of carbonyl (C=O) groups is 2. The third-order valence-corrected chi connectivity index (χ3v) is 10.1. The first kappa shape index (κ1) is 35.7. The molecule has 4 aromatic rings. The molecule has 0 fully saturated rings. The lowest BCUT2D eigenvalue weighted by Gasteiger charge is -2.34. The molecule has 0 aromatic heterocycles. The Labute approximate surface area is 286 Å². The number of hydrogen-bond acceptors (Lipinski definition) is 5. The van der Waals surface area contributed by atoms with E-state index >= 15 is 0 Å². The molecule has 47 heavy (non-hydrogen) atoms. The summed E-state index contributed by atoms with van der Waals surface area (Å²) in [6, 6.07) is 29.1. The van der Waals surface area contributed by atoms with Crippen molar-refractivity contribution in [3.63, 3.8) is 0 Å². The lowest BCUT2D eigenvalue weighted by molar-refractivity contribution is -0.140. The first-order valence-electron chi connectivity index (χ1n) is 15.7. The van der Waals surface area contributed by atoms with Crippen LogP contribution in [0.2, 0.25) is 0 Å². The topological polar surface area (TPSA) is 96.0 Å². The maximum Gasteiger partial charge on any atom is 0.264 e. The number of halogens is 1. The summed E-state index contributed by atoms with van der Waals surface area (Å²) in [5.74, 6) is -0.244. The first-order valence-corrected chi connectivity index (χ1v) is 18.0. The predicted molar refractivity (Wildman–Crippen MR) is 190 cm³/mol. The number of rotatable bonds is 15. The molecular formula is C37H42BrN3O5S. The van der Waals surface area contributed by atoms with Crippen LogP contribution in [-0.4, -0.2) is 50.4 Å². The highest BCUT2D eigenvalue weighted by Gasteiger charge is 2.35. The Kier molecular flexibility index (Phi) is 12.6. The molecule has 2 atom stereocenters. The normalized spacial score (nSPS) is 12.5. The van der Waals surface area contributed by atoms with Gasteiger partial charge in [-0.05, 0) is 86.8 Å². The molecule has 2 amide bonds. The fourth-order valence-electron chi connectivity index (χ4n) is 5.07. The lowest BCUT2D eigenvalue weighted by atomic mass is 10.0. The minimum atomic E-state index is -4.19. The zero-order chi connectivity index (χ0) is 34.0. The van der Waals surface area contributed by atoms with E-state index in [1.54, 1.807) is 36.4 Å². The van der Waals surface area contributed by atoms with Gasteiger partial charge in [0, 0.05) is 23.5 Å². The standard InChI is InChI=1S/C37H42BrN3O5S/c1-5-28(4)39-37(43)35(24-29-11-8-7-9-12-29)40(25-30-13-10-14-31(38)23-30)36(42)26-41(32-17-19-33(20-18-32)46-6-2)47(44,45)34-21-15-27(3)16-22-34/h7-23,28,35H,5-6,24-26H2,1-4H3,(H,39,43)/t28-,35+/m1/s1. The van der Waals surface area contributed by atoms with Gasteiger partial charge in [0.1, 0.15) is 18.3 Å². The Balaban J connectivity index is 1.81. The Hall–Kier alpha value is -4.15. The van der Waals surface area contributed by atoms with Gasteiger partial charge in [0.05, 0.1) is 17.2 Å². The maximum atomic E-state index is 14.6. The van der Waals surface area contributed by atoms with E-state index in [1.165, 1.54) is 17.0 Å². The molecule has 10 heteroatoms. The van der Waals surface area contributed by atoms with Crippen molar-refractivity contribution in [1.82, 2.24) is 10.2 Å². The van der Waals surface area contributed by atoms with Crippen LogP contribution < -0.4 is 14.4 Å². The second-order valence-corrected chi connectivity index (χ2v) is 14.2. The summed E-state index contributed by atoms with van der Waals surface area (Å²) in [5.41, 5.74) is 2.87. The van der Waals surface area contributed by atoms with Gasteiger partial charge in [0.15, 0.2) is 0 Å². The molecule has 0 radical (unpaired) electrons. The van der Waals surface area contributed by atoms with Crippen molar-refractivity contribution in [2.24, 2.45) is 0 Å². The van der Waals surface area contributed by atoms with Gasteiger partial charge in [-0.25, -0.2) is 8.42 Å². The molecule has 1 N–H and O–H groups in total. The molecule has 0 saturated carbocycles. The number of nitrogens with one attached hydrogen (secondary N) is 1. The van der Waals surface area contributed by atoms with E-state index in [0.29, 0.717) is 24.5 Å². The smallest absolute Gasteiger partial charge is 0.264 e. The van der Waals surface area contributed by atoms with E-state index in [2.05, 4.69) is 21.2 Å². The average Bonchev–Trinajstić information content (AvgIpc) is 3.06. The Bertz CT molecular complexity index is 1730. The second kappa shape index (κ2) is 16.6. The lowest BCUT2D eigenvalue weighted by Crippen LogP contribution is -2.54. The first-order chi connectivity index (χ1) is 22.5. The highest BCUT2D eigenvalue weighted by atomic mass is 79.9. The summed E-state index contributed by atoms with van der Waals surface area (Å²) in [6.07, 6.45) is 0.959. The molecule has 0 spiro atoms. The van der Waals surface area contributed by atoms with Crippen LogP contribution in [0.4, 0.5) is 5.69 Å². The molecule has 4 rings (SSSR count). The molecule has 248 valence electrons. The zero-order valence-corrected chi connectivity index (χ0v) is 29.6. The highest BCUT2D eigenvalue weighted by molar-refractivity contribution is 9.10. The van der Waals surface area contributed by atoms with Crippen LogP contribution >= 0.6 is 15.9 Å². The number of nitrogens with zero attached hydrogens (tertiary/aromatic N) is 2. The summed E-state index contributed by atoms with van der Waals surface area (Å²) >= 11 is 3.52. The monoisotopic (exact) mass is 719 g/mol. The number of benzene rings is 4. The van der Waals surface area contributed by atoms with E-state index in [-0.39, 0.29) is 29.8 Å². The molecule has 0 aliphatic heterocycles. The quantitative estimate of drug-likeness (QED) is 0.144. The molecule has 0 unspecified atom stereocenters. The number of amides is 2. The predicted octanol–water partition coefficient (Wildman–Crippen LogP) is 6.91. The summed E-state index contributed by atoms with van der Waals surface area (Å²) < 4.78 is 36.0. The number of carbonyl (C=O) groups excluding carboxylic acids is 2. The van der Waals surface area contributed by atoms with Crippen molar-refractivity contribution in [3.05, 3.63) is 124 Å². The van der Waals surface area contributed by atoms with Crippen LogP contribution in [0.25, 0.3) is 0 Å². The molecule has 0 saturated heterocycles. The second-order valence-electron chi connectivity index (χ2n) is 11.4. The fraction of sp³-hybridized carbons (Fsp3) is 0.297. The van der Waals surface area contributed by atoms with E-state index in [9.17, 15) is 18.0 Å². The van der Waals surface area contributed by atoms with Gasteiger partial charge in [0.25, 0.3) is 10.0 Å². The van der Waals surface area contributed by atoms with E-state index < -0.39 is 28.5 Å². The van der Waals surface area contributed by atoms with Gasteiger partial charge in [-0.15, -0.1) is 0 Å². The molecule has 0 bridgehead atoms. The molecule has 8 nitrogen and oxygen atoms in total. The third-order valence-electron chi connectivity index (χ3n) is 7.84. The summed E-state index contributed by atoms with van der Waals surface area (Å²) in [6.45, 7) is 7.65. The molecule has 0 heterocycles. The number of hydrogen-bond donors (Lipinski definition) is 1. The summed E-state index contributed by atoms with van der Waals surface area (Å²) in [7, 11) is -4.19. The van der Waals surface area contributed by atoms with Crippen LogP contribution in [0.15, 0.2) is 112 Å². The number of aryl methyl sites for hydroxylation is 1. The van der Waals surface area contributed by atoms with Crippen molar-refractivity contribution in [2.45, 2.75) is 64.1 Å². The Morgan fingerprint density at radius 3 is 2.15 bits per heavy atom. The minimum absolute atomic E-state index is 0.0543. The Morgan fingerprint density at radius 2 is 1.53 bits per heavy atom. The zero-order valence-electron chi connectivity index (χ0n) is 27.2. The van der Waals surface area contributed by atoms with Gasteiger partial charge >= 0.3 is 0 Å². The van der Waals surface area contributed by atoms with Gasteiger partial charge in [-0.2, -0.15) is 0 Å². The van der Waals surface area contributed by atoms with Crippen molar-refractivity contribution in [2.75, 3.05) is 17.5 Å². The van der Waals surface area contributed by atoms with Crippen LogP contribution in [0.5, 0.6) is 5.75 Å². The molecule has 0 aliphatic rings. The maximum absolute atomic E-state index is 14.6. The third kappa shape index (κ3) is 9.68. The molecule has 0 aliphatic carbocycles. The van der Waals surface area contributed by atoms with Gasteiger partial charge in [-0.3, -0.25) is 13.9 Å². The van der Waals surface area contributed by atoms with E-state index in [1.807, 2.05) is 82.3 Å². The summed E-state index contributed by atoms with van der Waals surface area (Å²) in [5, 5.41) is 3.06. The fourth-order valence-corrected chi connectivity index (χ4v) is 6.93.